The van der Waals surface area contributed by atoms with E-state index in [0.29, 0.717) is 31.5 Å². The zero-order valence-electron chi connectivity index (χ0n) is 17.2. The molecule has 2 aromatic heterocycles. The molecule has 0 aliphatic heterocycles. The van der Waals surface area contributed by atoms with Crippen molar-refractivity contribution in [3.63, 3.8) is 0 Å². The molecule has 0 aliphatic rings. The molecule has 0 unspecified atom stereocenters. The lowest BCUT2D eigenvalue weighted by Gasteiger charge is -2.16. The summed E-state index contributed by atoms with van der Waals surface area (Å²) in [4.78, 5) is 17.0. The van der Waals surface area contributed by atoms with Crippen LogP contribution in [0.3, 0.4) is 0 Å². The summed E-state index contributed by atoms with van der Waals surface area (Å²) in [5, 5.41) is 13.0. The maximum atomic E-state index is 12.5. The highest BCUT2D eigenvalue weighted by atomic mass is 32.1. The zero-order valence-corrected chi connectivity index (χ0v) is 18.0. The first kappa shape index (κ1) is 21.9. The maximum Gasteiger partial charge on any atom is 0.279 e. The van der Waals surface area contributed by atoms with E-state index in [1.165, 1.54) is 16.0 Å². The molecule has 1 aromatic carbocycles. The van der Waals surface area contributed by atoms with Gasteiger partial charge in [-0.3, -0.25) is 10.1 Å². The first-order valence-corrected chi connectivity index (χ1v) is 10.6. The van der Waals surface area contributed by atoms with Crippen LogP contribution in [0.25, 0.3) is 11.3 Å². The Morgan fingerprint density at radius 2 is 1.93 bits per heavy atom. The van der Waals surface area contributed by atoms with Crippen LogP contribution in [0.15, 0.2) is 35.8 Å². The Labute approximate surface area is 179 Å². The lowest BCUT2D eigenvalue weighted by Crippen LogP contribution is -2.24. The summed E-state index contributed by atoms with van der Waals surface area (Å²) in [7, 11) is 0. The van der Waals surface area contributed by atoms with Gasteiger partial charge in [0.25, 0.3) is 5.91 Å². The van der Waals surface area contributed by atoms with Crippen LogP contribution in [-0.2, 0) is 16.0 Å². The minimum atomic E-state index is -0.440. The number of carbonyl (C=O) groups is 1. The number of rotatable bonds is 11. The van der Waals surface area contributed by atoms with Gasteiger partial charge in [0, 0.05) is 24.2 Å². The Kier molecular flexibility index (Phi) is 7.89. The molecule has 0 spiro atoms. The molecule has 160 valence electrons. The molecule has 0 bridgehead atoms. The van der Waals surface area contributed by atoms with E-state index < -0.39 is 6.29 Å². The van der Waals surface area contributed by atoms with E-state index in [0.717, 1.165) is 17.0 Å². The standard InChI is InChI=1S/C20H25N5O4S/c1-4-27-17-10-8-7-9-14(17)16-13-30-20(21-16)22-19(26)15-11-25(24-23-15)12-18(28-5-2)29-6-3/h7-11,13,18H,4-6,12H2,1-3H3,(H,21,22,26). The van der Waals surface area contributed by atoms with E-state index in [1.807, 2.05) is 50.4 Å². The molecule has 0 saturated carbocycles. The van der Waals surface area contributed by atoms with Gasteiger partial charge in [0.05, 0.1) is 25.0 Å². The normalized spacial score (nSPS) is 11.1. The van der Waals surface area contributed by atoms with Gasteiger partial charge in [-0.15, -0.1) is 16.4 Å². The quantitative estimate of drug-likeness (QED) is 0.464. The number of para-hydroxylation sites is 1. The Morgan fingerprint density at radius 3 is 2.67 bits per heavy atom. The molecule has 10 heteroatoms. The molecule has 1 N–H and O–H groups in total. The number of anilines is 1. The van der Waals surface area contributed by atoms with Gasteiger partial charge in [0.15, 0.2) is 17.1 Å². The zero-order chi connectivity index (χ0) is 21.3. The first-order valence-electron chi connectivity index (χ1n) is 9.77. The van der Waals surface area contributed by atoms with E-state index in [-0.39, 0.29) is 11.6 Å². The molecule has 0 aliphatic carbocycles. The molecular weight excluding hydrogens is 406 g/mol. The van der Waals surface area contributed by atoms with Crippen LogP contribution in [0, 0.1) is 0 Å². The van der Waals surface area contributed by atoms with Crippen LogP contribution in [0.2, 0.25) is 0 Å². The molecule has 2 heterocycles. The summed E-state index contributed by atoms with van der Waals surface area (Å²) < 4.78 is 18.2. The summed E-state index contributed by atoms with van der Waals surface area (Å²) in [6, 6.07) is 7.66. The summed E-state index contributed by atoms with van der Waals surface area (Å²) in [5.74, 6) is 0.369. The third kappa shape index (κ3) is 5.62. The molecule has 1 amide bonds. The monoisotopic (exact) mass is 431 g/mol. The van der Waals surface area contributed by atoms with Crippen molar-refractivity contribution >= 4 is 22.4 Å². The Morgan fingerprint density at radius 1 is 1.17 bits per heavy atom. The number of nitrogens with one attached hydrogen (secondary N) is 1. The highest BCUT2D eigenvalue weighted by Gasteiger charge is 2.17. The number of aromatic nitrogens is 4. The molecule has 0 fully saturated rings. The third-order valence-electron chi connectivity index (χ3n) is 4.00. The number of amides is 1. The second kappa shape index (κ2) is 10.8. The van der Waals surface area contributed by atoms with Gasteiger partial charge in [0.2, 0.25) is 0 Å². The van der Waals surface area contributed by atoms with Crippen molar-refractivity contribution in [1.82, 2.24) is 20.0 Å². The van der Waals surface area contributed by atoms with Gasteiger partial charge in [-0.2, -0.15) is 0 Å². The molecule has 0 radical (unpaired) electrons. The summed E-state index contributed by atoms with van der Waals surface area (Å²) >= 11 is 1.33. The van der Waals surface area contributed by atoms with Gasteiger partial charge < -0.3 is 14.2 Å². The number of hydrogen-bond acceptors (Lipinski definition) is 8. The summed E-state index contributed by atoms with van der Waals surface area (Å²) in [6.45, 7) is 7.66. The van der Waals surface area contributed by atoms with Gasteiger partial charge >= 0.3 is 0 Å². The van der Waals surface area contributed by atoms with Crippen molar-refractivity contribution in [2.45, 2.75) is 33.6 Å². The number of nitrogens with zero attached hydrogens (tertiary/aromatic N) is 4. The van der Waals surface area contributed by atoms with Gasteiger partial charge in [-0.1, -0.05) is 17.3 Å². The van der Waals surface area contributed by atoms with Crippen molar-refractivity contribution in [2.75, 3.05) is 25.1 Å². The Balaban J connectivity index is 1.66. The predicted octanol–water partition coefficient (Wildman–Crippen LogP) is 3.45. The summed E-state index contributed by atoms with van der Waals surface area (Å²) in [5.41, 5.74) is 1.80. The number of carbonyl (C=O) groups excluding carboxylic acids is 1. The topological polar surface area (TPSA) is 100 Å². The molecule has 9 nitrogen and oxygen atoms in total. The third-order valence-corrected chi connectivity index (χ3v) is 4.76. The van der Waals surface area contributed by atoms with Crippen molar-refractivity contribution in [3.05, 3.63) is 41.5 Å². The largest absolute Gasteiger partial charge is 0.493 e. The van der Waals surface area contributed by atoms with Gasteiger partial charge in [-0.25, -0.2) is 9.67 Å². The molecule has 3 aromatic rings. The van der Waals surface area contributed by atoms with Gasteiger partial charge in [-0.05, 0) is 32.9 Å². The Hall–Kier alpha value is -2.82. The molecular formula is C20H25N5O4S. The fourth-order valence-electron chi connectivity index (χ4n) is 2.75. The van der Waals surface area contributed by atoms with Crippen LogP contribution < -0.4 is 10.1 Å². The number of thiazole rings is 1. The second-order valence-corrected chi connectivity index (χ2v) is 6.95. The molecule has 30 heavy (non-hydrogen) atoms. The van der Waals surface area contributed by atoms with Gasteiger partial charge in [0.1, 0.15) is 5.75 Å². The van der Waals surface area contributed by atoms with Crippen LogP contribution in [0.1, 0.15) is 31.3 Å². The lowest BCUT2D eigenvalue weighted by molar-refractivity contribution is -0.145. The average Bonchev–Trinajstić information content (AvgIpc) is 3.39. The fourth-order valence-corrected chi connectivity index (χ4v) is 3.45. The first-order chi connectivity index (χ1) is 14.6. The number of hydrogen-bond donors (Lipinski definition) is 1. The molecule has 3 rings (SSSR count). The van der Waals surface area contributed by atoms with E-state index >= 15 is 0 Å². The van der Waals surface area contributed by atoms with Crippen LogP contribution in [0.5, 0.6) is 5.75 Å². The van der Waals surface area contributed by atoms with Crippen molar-refractivity contribution in [3.8, 4) is 17.0 Å². The minimum absolute atomic E-state index is 0.188. The predicted molar refractivity (Wildman–Crippen MR) is 114 cm³/mol. The van der Waals surface area contributed by atoms with Crippen LogP contribution in [-0.4, -0.2) is 52.0 Å². The van der Waals surface area contributed by atoms with E-state index in [4.69, 9.17) is 14.2 Å². The van der Waals surface area contributed by atoms with E-state index in [9.17, 15) is 4.79 Å². The number of ether oxygens (including phenoxy) is 3. The van der Waals surface area contributed by atoms with Crippen molar-refractivity contribution < 1.29 is 19.0 Å². The van der Waals surface area contributed by atoms with E-state index in [2.05, 4.69) is 20.6 Å². The molecule has 0 saturated heterocycles. The van der Waals surface area contributed by atoms with Crippen molar-refractivity contribution in [1.29, 1.82) is 0 Å². The van der Waals surface area contributed by atoms with E-state index in [1.54, 1.807) is 6.20 Å². The molecule has 0 atom stereocenters. The smallest absolute Gasteiger partial charge is 0.279 e. The lowest BCUT2D eigenvalue weighted by atomic mass is 10.1. The van der Waals surface area contributed by atoms with Crippen molar-refractivity contribution in [2.24, 2.45) is 0 Å². The van der Waals surface area contributed by atoms with Crippen LogP contribution in [0.4, 0.5) is 5.13 Å². The number of benzene rings is 1. The maximum absolute atomic E-state index is 12.5. The fraction of sp³-hybridized carbons (Fsp3) is 0.400. The summed E-state index contributed by atoms with van der Waals surface area (Å²) in [6.07, 6.45) is 1.11. The average molecular weight is 432 g/mol. The Bertz CT molecular complexity index is 952. The SMILES string of the molecule is CCOc1ccccc1-c1csc(NC(=O)c2cn(CC(OCC)OCC)nn2)n1. The highest BCUT2D eigenvalue weighted by Crippen LogP contribution is 2.32. The second-order valence-electron chi connectivity index (χ2n) is 6.09. The highest BCUT2D eigenvalue weighted by molar-refractivity contribution is 7.14. The van der Waals surface area contributed by atoms with Crippen LogP contribution >= 0.6 is 11.3 Å². The minimum Gasteiger partial charge on any atom is -0.493 e.